The summed E-state index contributed by atoms with van der Waals surface area (Å²) in [4.78, 5) is 19.0. The first-order chi connectivity index (χ1) is 15.2. The van der Waals surface area contributed by atoms with E-state index in [1.54, 1.807) is 26.0 Å². The lowest BCUT2D eigenvalue weighted by Gasteiger charge is -2.25. The highest BCUT2D eigenvalue weighted by Crippen LogP contribution is 2.29. The smallest absolute Gasteiger partial charge is 0.326 e. The van der Waals surface area contributed by atoms with Gasteiger partial charge in [-0.15, -0.1) is 5.10 Å². The highest BCUT2D eigenvalue weighted by atomic mass is 35.5. The number of amides is 2. The van der Waals surface area contributed by atoms with Gasteiger partial charge in [-0.3, -0.25) is 15.0 Å². The standard InChI is InChI=1S/C22H23ClFN5O3/c1-22(2,31)19-11-14(7-8-25-19)29(12-18-15-4-3-9-32-20(15)28-27-18)21(30)26-13-5-6-17(24)16(23)10-13/h5-8,10-11,31H,3-4,9,12H2,1-2H3,(H,26,30)(H,27,28). The zero-order valence-electron chi connectivity index (χ0n) is 17.7. The maximum atomic E-state index is 13.5. The van der Waals surface area contributed by atoms with Crippen LogP contribution in [0.4, 0.5) is 20.6 Å². The van der Waals surface area contributed by atoms with E-state index in [0.29, 0.717) is 29.6 Å². The van der Waals surface area contributed by atoms with E-state index in [9.17, 15) is 14.3 Å². The van der Waals surface area contributed by atoms with Crippen LogP contribution in [0.1, 0.15) is 37.2 Å². The Morgan fingerprint density at radius 3 is 2.94 bits per heavy atom. The summed E-state index contributed by atoms with van der Waals surface area (Å²) in [6.07, 6.45) is 3.18. The number of H-pyrrole nitrogens is 1. The fraction of sp³-hybridized carbons (Fsp3) is 0.318. The van der Waals surface area contributed by atoms with Crippen LogP contribution in [-0.4, -0.2) is 32.9 Å². The number of anilines is 2. The van der Waals surface area contributed by atoms with Crippen molar-refractivity contribution in [3.8, 4) is 5.88 Å². The number of aliphatic hydroxyl groups is 1. The van der Waals surface area contributed by atoms with E-state index in [-0.39, 0.29) is 11.6 Å². The van der Waals surface area contributed by atoms with E-state index in [1.165, 1.54) is 29.3 Å². The van der Waals surface area contributed by atoms with Gasteiger partial charge in [0.05, 0.1) is 29.6 Å². The Balaban J connectivity index is 1.68. The van der Waals surface area contributed by atoms with Crippen molar-refractivity contribution in [1.29, 1.82) is 0 Å². The number of fused-ring (bicyclic) bond motifs is 1. The SMILES string of the molecule is CC(C)(O)c1cc(N(Cc2[nH]nc3c2CCCO3)C(=O)Nc2ccc(F)c(Cl)c2)ccn1. The molecule has 1 aliphatic heterocycles. The average Bonchev–Trinajstić information content (AvgIpc) is 3.17. The number of rotatable bonds is 5. The van der Waals surface area contributed by atoms with Gasteiger partial charge in [0.2, 0.25) is 5.88 Å². The number of nitrogens with zero attached hydrogens (tertiary/aromatic N) is 3. The number of carbonyl (C=O) groups is 1. The highest BCUT2D eigenvalue weighted by molar-refractivity contribution is 6.31. The molecule has 0 radical (unpaired) electrons. The van der Waals surface area contributed by atoms with Gasteiger partial charge in [-0.2, -0.15) is 0 Å². The van der Waals surface area contributed by atoms with Crippen molar-refractivity contribution in [2.75, 3.05) is 16.8 Å². The Labute approximate surface area is 189 Å². The first-order valence-corrected chi connectivity index (χ1v) is 10.5. The quantitative estimate of drug-likeness (QED) is 0.525. The van der Waals surface area contributed by atoms with Gasteiger partial charge in [-0.25, -0.2) is 9.18 Å². The molecule has 0 saturated heterocycles. The van der Waals surface area contributed by atoms with Crippen LogP contribution in [0.5, 0.6) is 5.88 Å². The highest BCUT2D eigenvalue weighted by Gasteiger charge is 2.25. The molecule has 1 aliphatic rings. The van der Waals surface area contributed by atoms with E-state index in [4.69, 9.17) is 16.3 Å². The maximum absolute atomic E-state index is 13.5. The number of pyridine rings is 1. The molecule has 168 valence electrons. The lowest BCUT2D eigenvalue weighted by atomic mass is 10.0. The molecule has 0 atom stereocenters. The number of hydrogen-bond donors (Lipinski definition) is 3. The predicted octanol–water partition coefficient (Wildman–Crippen LogP) is 4.39. The van der Waals surface area contributed by atoms with Crippen molar-refractivity contribution in [2.45, 2.75) is 38.8 Å². The maximum Gasteiger partial charge on any atom is 0.326 e. The van der Waals surface area contributed by atoms with E-state index in [0.717, 1.165) is 24.1 Å². The van der Waals surface area contributed by atoms with Crippen LogP contribution in [0.25, 0.3) is 0 Å². The Kier molecular flexibility index (Phi) is 6.03. The van der Waals surface area contributed by atoms with Gasteiger partial charge < -0.3 is 15.2 Å². The third-order valence-corrected chi connectivity index (χ3v) is 5.43. The number of halogens is 2. The molecule has 0 aliphatic carbocycles. The van der Waals surface area contributed by atoms with Crippen LogP contribution in [0.3, 0.4) is 0 Å². The van der Waals surface area contributed by atoms with Crippen LogP contribution in [0, 0.1) is 5.82 Å². The summed E-state index contributed by atoms with van der Waals surface area (Å²) in [5.41, 5.74) is 1.75. The normalized spacial score (nSPS) is 13.3. The molecule has 2 aromatic heterocycles. The Hall–Kier alpha value is -3.17. The summed E-state index contributed by atoms with van der Waals surface area (Å²) in [7, 11) is 0. The molecule has 0 saturated carbocycles. The molecule has 3 aromatic rings. The molecular weight excluding hydrogens is 437 g/mol. The first kappa shape index (κ1) is 22.0. The third-order valence-electron chi connectivity index (χ3n) is 5.14. The van der Waals surface area contributed by atoms with Crippen molar-refractivity contribution >= 4 is 29.0 Å². The van der Waals surface area contributed by atoms with Crippen LogP contribution >= 0.6 is 11.6 Å². The second kappa shape index (κ2) is 8.76. The van der Waals surface area contributed by atoms with E-state index in [1.807, 2.05) is 0 Å². The van der Waals surface area contributed by atoms with Crippen molar-refractivity contribution in [1.82, 2.24) is 15.2 Å². The number of urea groups is 1. The minimum absolute atomic E-state index is 0.0950. The molecule has 0 unspecified atom stereocenters. The number of aromatic amines is 1. The molecule has 3 N–H and O–H groups in total. The number of aromatic nitrogens is 3. The summed E-state index contributed by atoms with van der Waals surface area (Å²) in [6.45, 7) is 4.01. The molecule has 32 heavy (non-hydrogen) atoms. The number of nitrogens with one attached hydrogen (secondary N) is 2. The second-order valence-corrected chi connectivity index (χ2v) is 8.45. The number of ether oxygens (including phenoxy) is 1. The zero-order chi connectivity index (χ0) is 22.9. The summed E-state index contributed by atoms with van der Waals surface area (Å²) in [5, 5.41) is 20.2. The van der Waals surface area contributed by atoms with E-state index < -0.39 is 17.4 Å². The van der Waals surface area contributed by atoms with Gasteiger partial charge in [0, 0.05) is 23.1 Å². The molecule has 3 heterocycles. The predicted molar refractivity (Wildman–Crippen MR) is 118 cm³/mol. The lowest BCUT2D eigenvalue weighted by molar-refractivity contribution is 0.0739. The fourth-order valence-corrected chi connectivity index (χ4v) is 3.61. The first-order valence-electron chi connectivity index (χ1n) is 10.1. The van der Waals surface area contributed by atoms with Crippen molar-refractivity contribution in [3.05, 3.63) is 64.3 Å². The molecular formula is C22H23ClFN5O3. The van der Waals surface area contributed by atoms with E-state index >= 15 is 0 Å². The second-order valence-electron chi connectivity index (χ2n) is 8.04. The van der Waals surface area contributed by atoms with Crippen molar-refractivity contribution < 1.29 is 19.0 Å². The zero-order valence-corrected chi connectivity index (χ0v) is 18.4. The molecule has 10 heteroatoms. The summed E-state index contributed by atoms with van der Waals surface area (Å²) >= 11 is 5.86. The summed E-state index contributed by atoms with van der Waals surface area (Å²) in [6, 6.07) is 6.80. The largest absolute Gasteiger partial charge is 0.476 e. The molecule has 1 aromatic carbocycles. The Morgan fingerprint density at radius 1 is 1.38 bits per heavy atom. The Morgan fingerprint density at radius 2 is 2.19 bits per heavy atom. The minimum Gasteiger partial charge on any atom is -0.476 e. The van der Waals surface area contributed by atoms with Gasteiger partial charge >= 0.3 is 6.03 Å². The van der Waals surface area contributed by atoms with Gasteiger partial charge in [-0.05, 0) is 57.0 Å². The Bertz CT molecular complexity index is 1140. The number of hydrogen-bond acceptors (Lipinski definition) is 5. The van der Waals surface area contributed by atoms with Crippen LogP contribution < -0.4 is 15.0 Å². The van der Waals surface area contributed by atoms with E-state index in [2.05, 4.69) is 20.5 Å². The topological polar surface area (TPSA) is 103 Å². The minimum atomic E-state index is -1.19. The van der Waals surface area contributed by atoms with Gasteiger partial charge in [0.15, 0.2) is 0 Å². The van der Waals surface area contributed by atoms with Crippen LogP contribution in [-0.2, 0) is 18.6 Å². The molecule has 0 bridgehead atoms. The molecule has 8 nitrogen and oxygen atoms in total. The van der Waals surface area contributed by atoms with Crippen LogP contribution in [0.15, 0.2) is 36.5 Å². The monoisotopic (exact) mass is 459 g/mol. The number of benzene rings is 1. The third kappa shape index (κ3) is 4.68. The summed E-state index contributed by atoms with van der Waals surface area (Å²) in [5.74, 6) is -0.0293. The molecule has 4 rings (SSSR count). The molecule has 0 fully saturated rings. The average molecular weight is 460 g/mol. The number of carbonyl (C=O) groups excluding carboxylic acids is 1. The lowest BCUT2D eigenvalue weighted by Crippen LogP contribution is -2.35. The molecule has 0 spiro atoms. The molecule has 2 amide bonds. The van der Waals surface area contributed by atoms with Crippen molar-refractivity contribution in [3.63, 3.8) is 0 Å². The van der Waals surface area contributed by atoms with Crippen molar-refractivity contribution in [2.24, 2.45) is 0 Å². The van der Waals surface area contributed by atoms with Gasteiger partial charge in [0.25, 0.3) is 0 Å². The van der Waals surface area contributed by atoms with Crippen LogP contribution in [0.2, 0.25) is 5.02 Å². The summed E-state index contributed by atoms with van der Waals surface area (Å²) < 4.78 is 19.1. The fourth-order valence-electron chi connectivity index (χ4n) is 3.43. The van der Waals surface area contributed by atoms with Gasteiger partial charge in [-0.1, -0.05) is 11.6 Å². The van der Waals surface area contributed by atoms with Gasteiger partial charge in [0.1, 0.15) is 11.4 Å².